The summed E-state index contributed by atoms with van der Waals surface area (Å²) in [5.41, 5.74) is 2.97. The molecule has 0 aliphatic carbocycles. The normalized spacial score (nSPS) is 13.3. The number of H-pyrrole nitrogens is 2. The van der Waals surface area contributed by atoms with Gasteiger partial charge in [-0.1, -0.05) is 57.2 Å². The quantitative estimate of drug-likeness (QED) is 0.284. The van der Waals surface area contributed by atoms with E-state index in [9.17, 15) is 14.4 Å². The lowest BCUT2D eigenvalue weighted by Gasteiger charge is -2.25. The maximum absolute atomic E-state index is 13.5. The molecule has 0 aliphatic rings. The van der Waals surface area contributed by atoms with Crippen LogP contribution in [-0.4, -0.2) is 46.9 Å². The van der Waals surface area contributed by atoms with Crippen LogP contribution in [0.25, 0.3) is 21.8 Å². The molecule has 1 unspecified atom stereocenters. The first kappa shape index (κ1) is 25.0. The number of para-hydroxylation sites is 2. The number of carbonyl (C=O) groups excluding carboxylic acids is 3. The van der Waals surface area contributed by atoms with E-state index in [1.54, 1.807) is 20.8 Å². The van der Waals surface area contributed by atoms with Gasteiger partial charge in [-0.25, -0.2) is 4.79 Å². The van der Waals surface area contributed by atoms with Crippen molar-refractivity contribution in [1.29, 1.82) is 0 Å². The lowest BCUT2D eigenvalue weighted by molar-refractivity contribution is -0.145. The maximum Gasteiger partial charge on any atom is 0.328 e. The standard InChI is InChI=1S/C28H32N4O4/c1-28(2,3)27(35)32-23(13-17-15-29-21-11-7-5-9-19(17)21)25(33)31-24(26(34)36-4)14-18-16-30-22-12-8-6-10-20(18)22/h5-12,15-16,23-24,29-30H,13-14H2,1-4H3,(H,31,33)(H,32,35)/t23?,24-/m1/s1. The molecule has 0 aliphatic heterocycles. The summed E-state index contributed by atoms with van der Waals surface area (Å²) in [5, 5.41) is 7.67. The van der Waals surface area contributed by atoms with E-state index in [0.717, 1.165) is 32.9 Å². The molecule has 2 amide bonds. The highest BCUT2D eigenvalue weighted by Gasteiger charge is 2.31. The van der Waals surface area contributed by atoms with Gasteiger partial charge in [0.05, 0.1) is 7.11 Å². The molecular weight excluding hydrogens is 456 g/mol. The van der Waals surface area contributed by atoms with Gasteiger partial charge in [-0.2, -0.15) is 0 Å². The van der Waals surface area contributed by atoms with Gasteiger partial charge >= 0.3 is 5.97 Å². The Bertz CT molecular complexity index is 1400. The number of hydrogen-bond donors (Lipinski definition) is 4. The van der Waals surface area contributed by atoms with Crippen LogP contribution in [-0.2, 0) is 32.0 Å². The molecule has 0 bridgehead atoms. The molecule has 4 rings (SSSR count). The molecule has 4 N–H and O–H groups in total. The highest BCUT2D eigenvalue weighted by atomic mass is 16.5. The third-order valence-electron chi connectivity index (χ3n) is 6.30. The molecule has 8 heteroatoms. The molecule has 0 fully saturated rings. The average Bonchev–Trinajstić information content (AvgIpc) is 3.46. The Morgan fingerprint density at radius 2 is 1.31 bits per heavy atom. The molecule has 2 heterocycles. The first-order valence-electron chi connectivity index (χ1n) is 12.0. The largest absolute Gasteiger partial charge is 0.467 e. The van der Waals surface area contributed by atoms with Crippen LogP contribution in [0.5, 0.6) is 0 Å². The number of fused-ring (bicyclic) bond motifs is 2. The number of benzene rings is 2. The summed E-state index contributed by atoms with van der Waals surface area (Å²) < 4.78 is 5.00. The van der Waals surface area contributed by atoms with Gasteiger partial charge in [0.1, 0.15) is 12.1 Å². The van der Waals surface area contributed by atoms with E-state index < -0.39 is 29.4 Å². The number of nitrogens with one attached hydrogen (secondary N) is 4. The van der Waals surface area contributed by atoms with E-state index in [0.29, 0.717) is 0 Å². The molecule has 188 valence electrons. The number of aromatic nitrogens is 2. The molecule has 0 spiro atoms. The topological polar surface area (TPSA) is 116 Å². The molecule has 0 radical (unpaired) electrons. The van der Waals surface area contributed by atoms with Crippen molar-refractivity contribution in [3.8, 4) is 0 Å². The van der Waals surface area contributed by atoms with Crippen LogP contribution in [0.4, 0.5) is 0 Å². The summed E-state index contributed by atoms with van der Waals surface area (Å²) in [5.74, 6) is -1.26. The zero-order valence-corrected chi connectivity index (χ0v) is 21.0. The minimum atomic E-state index is -0.918. The van der Waals surface area contributed by atoms with Crippen molar-refractivity contribution in [2.45, 2.75) is 45.7 Å². The molecule has 2 aromatic heterocycles. The van der Waals surface area contributed by atoms with Crippen molar-refractivity contribution >= 4 is 39.6 Å². The van der Waals surface area contributed by atoms with Gasteiger partial charge in [0.25, 0.3) is 0 Å². The SMILES string of the molecule is COC(=O)[C@@H](Cc1c[nH]c2ccccc12)NC(=O)C(Cc1c[nH]c2ccccc12)NC(=O)C(C)(C)C. The Kier molecular flexibility index (Phi) is 7.15. The van der Waals surface area contributed by atoms with Crippen molar-refractivity contribution < 1.29 is 19.1 Å². The summed E-state index contributed by atoms with van der Waals surface area (Å²) >= 11 is 0. The molecule has 36 heavy (non-hydrogen) atoms. The van der Waals surface area contributed by atoms with Crippen molar-refractivity contribution in [2.24, 2.45) is 5.41 Å². The lowest BCUT2D eigenvalue weighted by Crippen LogP contribution is -2.54. The smallest absolute Gasteiger partial charge is 0.328 e. The molecule has 0 saturated carbocycles. The van der Waals surface area contributed by atoms with Crippen molar-refractivity contribution in [3.05, 3.63) is 72.1 Å². The van der Waals surface area contributed by atoms with E-state index >= 15 is 0 Å². The highest BCUT2D eigenvalue weighted by molar-refractivity contribution is 5.93. The van der Waals surface area contributed by atoms with Gasteiger partial charge < -0.3 is 25.3 Å². The summed E-state index contributed by atoms with van der Waals surface area (Å²) in [7, 11) is 1.29. The van der Waals surface area contributed by atoms with E-state index in [-0.39, 0.29) is 18.7 Å². The minimum absolute atomic E-state index is 0.245. The Morgan fingerprint density at radius 1 is 0.806 bits per heavy atom. The molecule has 0 saturated heterocycles. The van der Waals surface area contributed by atoms with E-state index in [4.69, 9.17) is 4.74 Å². The lowest BCUT2D eigenvalue weighted by atomic mass is 9.94. The first-order valence-corrected chi connectivity index (χ1v) is 12.0. The Labute approximate surface area is 209 Å². The Hall–Kier alpha value is -4.07. The first-order chi connectivity index (χ1) is 17.2. The number of rotatable bonds is 8. The maximum atomic E-state index is 13.5. The fourth-order valence-corrected chi connectivity index (χ4v) is 4.23. The molecule has 4 aromatic rings. The average molecular weight is 489 g/mol. The fourth-order valence-electron chi connectivity index (χ4n) is 4.23. The van der Waals surface area contributed by atoms with Crippen LogP contribution in [0.2, 0.25) is 0 Å². The fraction of sp³-hybridized carbons (Fsp3) is 0.321. The summed E-state index contributed by atoms with van der Waals surface area (Å²) in [6, 6.07) is 13.7. The van der Waals surface area contributed by atoms with Gasteiger partial charge in [0.2, 0.25) is 11.8 Å². The number of methoxy groups -OCH3 is 1. The third-order valence-corrected chi connectivity index (χ3v) is 6.30. The van der Waals surface area contributed by atoms with E-state index in [2.05, 4.69) is 20.6 Å². The van der Waals surface area contributed by atoms with Crippen LogP contribution in [0.1, 0.15) is 31.9 Å². The number of hydrogen-bond acceptors (Lipinski definition) is 4. The number of aromatic amines is 2. The second-order valence-electron chi connectivity index (χ2n) is 9.99. The highest BCUT2D eigenvalue weighted by Crippen LogP contribution is 2.22. The summed E-state index contributed by atoms with van der Waals surface area (Å²) in [6.07, 6.45) is 4.18. The van der Waals surface area contributed by atoms with Crippen LogP contribution < -0.4 is 10.6 Å². The monoisotopic (exact) mass is 488 g/mol. The van der Waals surface area contributed by atoms with Crippen molar-refractivity contribution in [1.82, 2.24) is 20.6 Å². The summed E-state index contributed by atoms with van der Waals surface area (Å²) in [6.45, 7) is 5.37. The Morgan fingerprint density at radius 3 is 1.81 bits per heavy atom. The van der Waals surface area contributed by atoms with Gasteiger partial charge in [0, 0.05) is 52.5 Å². The minimum Gasteiger partial charge on any atom is -0.467 e. The van der Waals surface area contributed by atoms with Crippen LogP contribution in [0.3, 0.4) is 0 Å². The zero-order valence-electron chi connectivity index (χ0n) is 21.0. The van der Waals surface area contributed by atoms with E-state index in [1.165, 1.54) is 7.11 Å². The number of ether oxygens (including phenoxy) is 1. The molecule has 8 nitrogen and oxygen atoms in total. The zero-order chi connectivity index (χ0) is 25.9. The van der Waals surface area contributed by atoms with Crippen LogP contribution in [0.15, 0.2) is 60.9 Å². The van der Waals surface area contributed by atoms with Crippen LogP contribution >= 0.6 is 0 Å². The van der Waals surface area contributed by atoms with Gasteiger partial charge in [-0.3, -0.25) is 9.59 Å². The number of carbonyl (C=O) groups is 3. The van der Waals surface area contributed by atoms with Crippen molar-refractivity contribution in [3.63, 3.8) is 0 Å². The van der Waals surface area contributed by atoms with Gasteiger partial charge in [-0.15, -0.1) is 0 Å². The predicted octanol–water partition coefficient (Wildman–Crippen LogP) is 3.62. The number of esters is 1. The second-order valence-corrected chi connectivity index (χ2v) is 9.99. The molecular formula is C28H32N4O4. The van der Waals surface area contributed by atoms with Crippen LogP contribution in [0, 0.1) is 5.41 Å². The molecule has 2 atom stereocenters. The van der Waals surface area contributed by atoms with Crippen molar-refractivity contribution in [2.75, 3.05) is 7.11 Å². The number of amides is 2. The predicted molar refractivity (Wildman–Crippen MR) is 139 cm³/mol. The second kappa shape index (κ2) is 10.3. The van der Waals surface area contributed by atoms with Gasteiger partial charge in [0.15, 0.2) is 0 Å². The van der Waals surface area contributed by atoms with Gasteiger partial charge in [-0.05, 0) is 23.3 Å². The Balaban J connectivity index is 1.59. The third kappa shape index (κ3) is 5.43. The summed E-state index contributed by atoms with van der Waals surface area (Å²) in [4.78, 5) is 45.5. The van der Waals surface area contributed by atoms with E-state index in [1.807, 2.05) is 60.9 Å². The molecule has 2 aromatic carbocycles.